The number of Topliss-reactive ketones (excluding diaryl/α,β-unsaturated/α-hetero) is 1. The van der Waals surface area contributed by atoms with Crippen molar-refractivity contribution >= 4 is 11.8 Å². The van der Waals surface area contributed by atoms with Gasteiger partial charge in [0.05, 0.1) is 6.04 Å². The molecule has 0 spiro atoms. The molecule has 0 bridgehead atoms. The molecule has 1 heterocycles. The number of rotatable bonds is 1. The molecule has 2 N–H and O–H groups in total. The normalized spacial score (nSPS) is 24.2. The van der Waals surface area contributed by atoms with E-state index in [1.807, 2.05) is 31.2 Å². The first-order chi connectivity index (χ1) is 9.85. The summed E-state index contributed by atoms with van der Waals surface area (Å²) in [5.41, 5.74) is 3.52. The van der Waals surface area contributed by atoms with Crippen LogP contribution in [0.4, 0.5) is 4.79 Å². The van der Waals surface area contributed by atoms with Crippen molar-refractivity contribution in [2.24, 2.45) is 5.41 Å². The Bertz CT molecular complexity index is 641. The van der Waals surface area contributed by atoms with Crippen LogP contribution in [0.2, 0.25) is 0 Å². The minimum absolute atomic E-state index is 0.0988. The summed E-state index contributed by atoms with van der Waals surface area (Å²) < 4.78 is 0. The number of ketones is 1. The van der Waals surface area contributed by atoms with E-state index in [2.05, 4.69) is 24.5 Å². The van der Waals surface area contributed by atoms with Crippen LogP contribution in [-0.4, -0.2) is 11.8 Å². The molecule has 0 saturated heterocycles. The summed E-state index contributed by atoms with van der Waals surface area (Å²) in [6.45, 7) is 6.14. The summed E-state index contributed by atoms with van der Waals surface area (Å²) >= 11 is 0. The predicted molar refractivity (Wildman–Crippen MR) is 80.6 cm³/mol. The van der Waals surface area contributed by atoms with Crippen LogP contribution in [0.3, 0.4) is 0 Å². The highest BCUT2D eigenvalue weighted by Crippen LogP contribution is 2.41. The Balaban J connectivity index is 2.06. The minimum atomic E-state index is -0.335. The van der Waals surface area contributed by atoms with Crippen molar-refractivity contribution < 1.29 is 9.59 Å². The van der Waals surface area contributed by atoms with E-state index in [0.29, 0.717) is 6.42 Å². The van der Waals surface area contributed by atoms with E-state index < -0.39 is 0 Å². The smallest absolute Gasteiger partial charge is 0.319 e. The van der Waals surface area contributed by atoms with Gasteiger partial charge in [0, 0.05) is 17.7 Å². The molecule has 21 heavy (non-hydrogen) atoms. The number of allylic oxidation sites excluding steroid dienone is 1. The fourth-order valence-corrected chi connectivity index (χ4v) is 3.17. The van der Waals surface area contributed by atoms with Gasteiger partial charge in [-0.1, -0.05) is 43.7 Å². The largest absolute Gasteiger partial charge is 0.327 e. The summed E-state index contributed by atoms with van der Waals surface area (Å²) in [5, 5.41) is 5.70. The molecule has 4 nitrogen and oxygen atoms in total. The van der Waals surface area contributed by atoms with Crippen LogP contribution in [0.5, 0.6) is 0 Å². The molecule has 3 rings (SSSR count). The second-order valence-electron chi connectivity index (χ2n) is 6.78. The zero-order chi connectivity index (χ0) is 15.2. The van der Waals surface area contributed by atoms with Crippen molar-refractivity contribution in [1.82, 2.24) is 10.6 Å². The minimum Gasteiger partial charge on any atom is -0.327 e. The highest BCUT2D eigenvalue weighted by atomic mass is 16.2. The van der Waals surface area contributed by atoms with Crippen LogP contribution in [-0.2, 0) is 4.79 Å². The van der Waals surface area contributed by atoms with E-state index >= 15 is 0 Å². The predicted octanol–water partition coefficient (Wildman–Crippen LogP) is 2.99. The zero-order valence-electron chi connectivity index (χ0n) is 12.6. The third kappa shape index (κ3) is 2.58. The van der Waals surface area contributed by atoms with Gasteiger partial charge in [0.1, 0.15) is 0 Å². The number of urea groups is 1. The number of carbonyl (C=O) groups excluding carboxylic acids is 2. The van der Waals surface area contributed by atoms with Gasteiger partial charge >= 0.3 is 6.03 Å². The van der Waals surface area contributed by atoms with E-state index in [9.17, 15) is 9.59 Å². The van der Waals surface area contributed by atoms with Gasteiger partial charge in [-0.15, -0.1) is 0 Å². The van der Waals surface area contributed by atoms with Crippen molar-refractivity contribution in [1.29, 1.82) is 0 Å². The molecule has 2 amide bonds. The van der Waals surface area contributed by atoms with Gasteiger partial charge in [-0.05, 0) is 24.3 Å². The Hall–Kier alpha value is -2.10. The maximum absolute atomic E-state index is 12.6. The Morgan fingerprint density at radius 1 is 1.10 bits per heavy atom. The SMILES string of the molecule is Cc1ccc([C@@H]2NC(=O)NC3=C2C(=O)CC(C)(C)C3)cc1. The fraction of sp³-hybridized carbons (Fsp3) is 0.412. The van der Waals surface area contributed by atoms with Crippen LogP contribution < -0.4 is 10.6 Å². The van der Waals surface area contributed by atoms with Crippen LogP contribution in [0, 0.1) is 12.3 Å². The number of benzene rings is 1. The van der Waals surface area contributed by atoms with Gasteiger partial charge in [0.25, 0.3) is 0 Å². The Labute approximate surface area is 124 Å². The molecule has 1 atom stereocenters. The molecule has 0 radical (unpaired) electrons. The van der Waals surface area contributed by atoms with E-state index in [1.165, 1.54) is 0 Å². The average molecular weight is 284 g/mol. The molecule has 0 fully saturated rings. The molecule has 0 aromatic heterocycles. The van der Waals surface area contributed by atoms with E-state index in [4.69, 9.17) is 0 Å². The fourth-order valence-electron chi connectivity index (χ4n) is 3.17. The number of nitrogens with one attached hydrogen (secondary N) is 2. The summed E-state index contributed by atoms with van der Waals surface area (Å²) in [5.74, 6) is 0.124. The first kappa shape index (κ1) is 13.9. The van der Waals surface area contributed by atoms with E-state index in [1.54, 1.807) is 0 Å². The molecule has 4 heteroatoms. The lowest BCUT2D eigenvalue weighted by molar-refractivity contribution is -0.118. The van der Waals surface area contributed by atoms with Crippen LogP contribution in [0.1, 0.15) is 43.9 Å². The van der Waals surface area contributed by atoms with Crippen LogP contribution >= 0.6 is 0 Å². The van der Waals surface area contributed by atoms with Gasteiger partial charge in [-0.3, -0.25) is 4.79 Å². The zero-order valence-corrected chi connectivity index (χ0v) is 12.6. The molecule has 2 aliphatic rings. The number of amides is 2. The van der Waals surface area contributed by atoms with Gasteiger partial charge in [0.15, 0.2) is 5.78 Å². The Kier molecular flexibility index (Phi) is 3.12. The molecule has 1 aromatic rings. The van der Waals surface area contributed by atoms with Gasteiger partial charge in [-0.2, -0.15) is 0 Å². The summed E-state index contributed by atoms with van der Waals surface area (Å²) in [6.07, 6.45) is 1.25. The Morgan fingerprint density at radius 2 is 1.76 bits per heavy atom. The second-order valence-corrected chi connectivity index (χ2v) is 6.78. The number of aryl methyl sites for hydroxylation is 1. The first-order valence-electron chi connectivity index (χ1n) is 7.26. The van der Waals surface area contributed by atoms with Crippen molar-refractivity contribution in [2.45, 2.75) is 39.7 Å². The summed E-state index contributed by atoms with van der Waals surface area (Å²) in [4.78, 5) is 24.5. The van der Waals surface area contributed by atoms with Crippen molar-refractivity contribution in [3.63, 3.8) is 0 Å². The summed E-state index contributed by atoms with van der Waals surface area (Å²) in [6, 6.07) is 7.39. The number of carbonyl (C=O) groups is 2. The topological polar surface area (TPSA) is 58.2 Å². The third-order valence-electron chi connectivity index (χ3n) is 4.16. The maximum atomic E-state index is 12.6. The summed E-state index contributed by atoms with van der Waals surface area (Å²) in [7, 11) is 0. The lowest BCUT2D eigenvalue weighted by atomic mass is 9.73. The molecular formula is C17H20N2O2. The lowest BCUT2D eigenvalue weighted by Gasteiger charge is -2.38. The standard InChI is InChI=1S/C17H20N2O2/c1-10-4-6-11(7-5-10)15-14-12(18-16(21)19-15)8-17(2,3)9-13(14)20/h4-7,15H,8-9H2,1-3H3,(H2,18,19,21)/t15-/m0/s1. The second kappa shape index (κ2) is 4.72. The van der Waals surface area contributed by atoms with Crippen molar-refractivity contribution in [3.05, 3.63) is 46.7 Å². The van der Waals surface area contributed by atoms with Gasteiger partial charge in [-0.25, -0.2) is 4.79 Å². The average Bonchev–Trinajstić information content (AvgIpc) is 2.36. The van der Waals surface area contributed by atoms with Crippen molar-refractivity contribution in [2.75, 3.05) is 0 Å². The Morgan fingerprint density at radius 3 is 2.43 bits per heavy atom. The number of hydrogen-bond acceptors (Lipinski definition) is 2. The van der Waals surface area contributed by atoms with Crippen LogP contribution in [0.25, 0.3) is 0 Å². The molecule has 0 saturated carbocycles. The quantitative estimate of drug-likeness (QED) is 0.833. The molecule has 1 aliphatic heterocycles. The van der Waals surface area contributed by atoms with E-state index in [-0.39, 0.29) is 23.3 Å². The molecule has 0 unspecified atom stereocenters. The number of hydrogen-bond donors (Lipinski definition) is 2. The monoisotopic (exact) mass is 284 g/mol. The molecular weight excluding hydrogens is 264 g/mol. The molecule has 110 valence electrons. The van der Waals surface area contributed by atoms with Gasteiger partial charge < -0.3 is 10.6 Å². The van der Waals surface area contributed by atoms with Crippen molar-refractivity contribution in [3.8, 4) is 0 Å². The molecule has 1 aromatic carbocycles. The molecule has 1 aliphatic carbocycles. The highest BCUT2D eigenvalue weighted by molar-refractivity contribution is 6.01. The van der Waals surface area contributed by atoms with Crippen LogP contribution in [0.15, 0.2) is 35.5 Å². The lowest BCUT2D eigenvalue weighted by Crippen LogP contribution is -2.48. The van der Waals surface area contributed by atoms with Gasteiger partial charge in [0.2, 0.25) is 0 Å². The highest BCUT2D eigenvalue weighted by Gasteiger charge is 2.40. The van der Waals surface area contributed by atoms with E-state index in [0.717, 1.165) is 28.8 Å². The third-order valence-corrected chi connectivity index (χ3v) is 4.16. The first-order valence-corrected chi connectivity index (χ1v) is 7.26. The maximum Gasteiger partial charge on any atom is 0.319 e.